The van der Waals surface area contributed by atoms with Crippen molar-refractivity contribution in [3.8, 4) is 0 Å². The van der Waals surface area contributed by atoms with E-state index in [0.717, 1.165) is 18.7 Å². The molecule has 1 heterocycles. The molecule has 0 aliphatic rings. The molecule has 0 spiro atoms. The van der Waals surface area contributed by atoms with Crippen LogP contribution in [0.2, 0.25) is 0 Å². The Bertz CT molecular complexity index is 445. The predicted octanol–water partition coefficient (Wildman–Crippen LogP) is 7.34. The Kier molecular flexibility index (Phi) is 13.4. The second-order valence-corrected chi connectivity index (χ2v) is 7.94. The second kappa shape index (κ2) is 15.2. The molecule has 25 heavy (non-hydrogen) atoms. The first-order valence-electron chi connectivity index (χ1n) is 10.3. The van der Waals surface area contributed by atoms with E-state index in [0.29, 0.717) is 4.88 Å². The van der Waals surface area contributed by atoms with E-state index in [1.807, 2.05) is 5.38 Å². The van der Waals surface area contributed by atoms with Crippen LogP contribution in [-0.4, -0.2) is 17.6 Å². The summed E-state index contributed by atoms with van der Waals surface area (Å²) in [5, 5.41) is 14.1. The molecule has 0 bridgehead atoms. The fourth-order valence-corrected chi connectivity index (χ4v) is 3.79. The standard InChI is InChI=1S/C21H37NO2S/c1-2-3-4-5-6-7-8-9-10-11-12-13-14-15-16-22-19-17-20(21(23)24)25-18-19/h17-18,22H,2-16H2,1H3,(H,23,24). The van der Waals surface area contributed by atoms with Gasteiger partial charge < -0.3 is 10.4 Å². The van der Waals surface area contributed by atoms with Crippen LogP contribution in [0.15, 0.2) is 11.4 Å². The first-order chi connectivity index (χ1) is 12.2. The number of aromatic carboxylic acids is 1. The second-order valence-electron chi connectivity index (χ2n) is 7.03. The van der Waals surface area contributed by atoms with E-state index in [2.05, 4.69) is 12.2 Å². The summed E-state index contributed by atoms with van der Waals surface area (Å²) in [5.74, 6) is -0.838. The summed E-state index contributed by atoms with van der Waals surface area (Å²) in [5.41, 5.74) is 0.942. The van der Waals surface area contributed by atoms with Crippen LogP contribution in [0.3, 0.4) is 0 Å². The molecular weight excluding hydrogens is 330 g/mol. The number of unbranched alkanes of at least 4 members (excludes halogenated alkanes) is 13. The highest BCUT2D eigenvalue weighted by Gasteiger charge is 2.05. The third-order valence-corrected chi connectivity index (χ3v) is 5.59. The summed E-state index contributed by atoms with van der Waals surface area (Å²) in [6, 6.07) is 1.72. The topological polar surface area (TPSA) is 49.3 Å². The molecule has 0 radical (unpaired) electrons. The Hall–Kier alpha value is -1.03. The Morgan fingerprint density at radius 2 is 1.36 bits per heavy atom. The van der Waals surface area contributed by atoms with Crippen LogP contribution in [0.4, 0.5) is 5.69 Å². The number of nitrogens with one attached hydrogen (secondary N) is 1. The fourth-order valence-electron chi connectivity index (χ4n) is 3.09. The van der Waals surface area contributed by atoms with Gasteiger partial charge in [0.1, 0.15) is 4.88 Å². The number of rotatable bonds is 17. The molecule has 0 aliphatic carbocycles. The van der Waals surface area contributed by atoms with Crippen LogP contribution in [0.5, 0.6) is 0 Å². The lowest BCUT2D eigenvalue weighted by atomic mass is 10.0. The number of carbonyl (C=O) groups is 1. The van der Waals surface area contributed by atoms with Gasteiger partial charge in [0.25, 0.3) is 0 Å². The molecular formula is C21H37NO2S. The first-order valence-corrected chi connectivity index (χ1v) is 11.2. The molecule has 0 fully saturated rings. The Morgan fingerprint density at radius 3 is 1.80 bits per heavy atom. The minimum Gasteiger partial charge on any atom is -0.477 e. The quantitative estimate of drug-likeness (QED) is 0.283. The van der Waals surface area contributed by atoms with Gasteiger partial charge in [-0.2, -0.15) is 0 Å². The molecule has 0 amide bonds. The van der Waals surface area contributed by atoms with Crippen molar-refractivity contribution in [2.45, 2.75) is 96.8 Å². The first kappa shape index (κ1) is 22.0. The van der Waals surface area contributed by atoms with Gasteiger partial charge in [-0.25, -0.2) is 4.79 Å². The molecule has 1 aromatic rings. The number of carboxylic acids is 1. The summed E-state index contributed by atoms with van der Waals surface area (Å²) < 4.78 is 0. The van der Waals surface area contributed by atoms with E-state index in [-0.39, 0.29) is 0 Å². The van der Waals surface area contributed by atoms with Crippen molar-refractivity contribution in [3.05, 3.63) is 16.3 Å². The molecule has 3 nitrogen and oxygen atoms in total. The van der Waals surface area contributed by atoms with Gasteiger partial charge >= 0.3 is 5.97 Å². The lowest BCUT2D eigenvalue weighted by molar-refractivity contribution is 0.0702. The monoisotopic (exact) mass is 367 g/mol. The van der Waals surface area contributed by atoms with Gasteiger partial charge in [-0.15, -0.1) is 11.3 Å². The van der Waals surface area contributed by atoms with E-state index in [9.17, 15) is 4.79 Å². The summed E-state index contributed by atoms with van der Waals surface area (Å²) in [6.07, 6.45) is 19.2. The van der Waals surface area contributed by atoms with Crippen molar-refractivity contribution in [2.75, 3.05) is 11.9 Å². The molecule has 1 aromatic heterocycles. The molecule has 0 unspecified atom stereocenters. The normalized spacial score (nSPS) is 10.9. The van der Waals surface area contributed by atoms with Crippen molar-refractivity contribution < 1.29 is 9.90 Å². The average Bonchev–Trinajstić information content (AvgIpc) is 3.07. The highest BCUT2D eigenvalue weighted by molar-refractivity contribution is 7.12. The predicted molar refractivity (Wildman–Crippen MR) is 110 cm³/mol. The number of carboxylic acid groups (broad SMARTS) is 1. The van der Waals surface area contributed by atoms with E-state index >= 15 is 0 Å². The Labute approximate surface area is 158 Å². The molecule has 0 atom stereocenters. The van der Waals surface area contributed by atoms with Gasteiger partial charge in [0.2, 0.25) is 0 Å². The zero-order valence-corrected chi connectivity index (χ0v) is 16.8. The molecule has 0 saturated carbocycles. The van der Waals surface area contributed by atoms with Gasteiger partial charge in [0.05, 0.1) is 0 Å². The number of hydrogen-bond donors (Lipinski definition) is 2. The summed E-state index contributed by atoms with van der Waals surface area (Å²) in [7, 11) is 0. The summed E-state index contributed by atoms with van der Waals surface area (Å²) >= 11 is 1.28. The summed E-state index contributed by atoms with van der Waals surface area (Å²) in [4.78, 5) is 11.2. The van der Waals surface area contributed by atoms with E-state index < -0.39 is 5.97 Å². The third-order valence-electron chi connectivity index (χ3n) is 4.67. The number of hydrogen-bond acceptors (Lipinski definition) is 3. The van der Waals surface area contributed by atoms with Gasteiger partial charge in [-0.1, -0.05) is 90.4 Å². The highest BCUT2D eigenvalue weighted by Crippen LogP contribution is 2.19. The van der Waals surface area contributed by atoms with Crippen LogP contribution in [0.25, 0.3) is 0 Å². The Balaban J connectivity index is 1.79. The molecule has 0 aliphatic heterocycles. The van der Waals surface area contributed by atoms with Crippen LogP contribution in [0, 0.1) is 0 Å². The molecule has 0 saturated heterocycles. The fraction of sp³-hybridized carbons (Fsp3) is 0.762. The van der Waals surface area contributed by atoms with Crippen LogP contribution < -0.4 is 5.32 Å². The maximum atomic E-state index is 10.8. The van der Waals surface area contributed by atoms with E-state index in [4.69, 9.17) is 5.11 Å². The molecule has 144 valence electrons. The molecule has 2 N–H and O–H groups in total. The van der Waals surface area contributed by atoms with Crippen molar-refractivity contribution in [1.82, 2.24) is 0 Å². The van der Waals surface area contributed by atoms with Gasteiger partial charge in [0.15, 0.2) is 0 Å². The largest absolute Gasteiger partial charge is 0.477 e. The van der Waals surface area contributed by atoms with Crippen molar-refractivity contribution in [3.63, 3.8) is 0 Å². The third kappa shape index (κ3) is 12.0. The van der Waals surface area contributed by atoms with Crippen LogP contribution in [-0.2, 0) is 0 Å². The molecule has 4 heteroatoms. The molecule has 1 rings (SSSR count). The van der Waals surface area contributed by atoms with Crippen LogP contribution >= 0.6 is 11.3 Å². The van der Waals surface area contributed by atoms with Crippen LogP contribution in [0.1, 0.15) is 106 Å². The van der Waals surface area contributed by atoms with Gasteiger partial charge in [0, 0.05) is 17.6 Å². The van der Waals surface area contributed by atoms with E-state index in [1.165, 1.54) is 94.8 Å². The van der Waals surface area contributed by atoms with E-state index in [1.54, 1.807) is 6.07 Å². The van der Waals surface area contributed by atoms with Gasteiger partial charge in [-0.05, 0) is 12.5 Å². The summed E-state index contributed by atoms with van der Waals surface area (Å²) in [6.45, 7) is 3.21. The number of anilines is 1. The SMILES string of the molecule is CCCCCCCCCCCCCCCCNc1csc(C(=O)O)c1. The van der Waals surface area contributed by atoms with Crippen molar-refractivity contribution in [1.29, 1.82) is 0 Å². The lowest BCUT2D eigenvalue weighted by Crippen LogP contribution is -2.00. The Morgan fingerprint density at radius 1 is 0.880 bits per heavy atom. The maximum absolute atomic E-state index is 10.8. The zero-order valence-electron chi connectivity index (χ0n) is 16.0. The smallest absolute Gasteiger partial charge is 0.345 e. The molecule has 0 aromatic carbocycles. The van der Waals surface area contributed by atoms with Crippen molar-refractivity contribution in [2.24, 2.45) is 0 Å². The minimum absolute atomic E-state index is 0.406. The highest BCUT2D eigenvalue weighted by atomic mass is 32.1. The maximum Gasteiger partial charge on any atom is 0.345 e. The number of thiophene rings is 1. The minimum atomic E-state index is -0.838. The zero-order chi connectivity index (χ0) is 18.2. The lowest BCUT2D eigenvalue weighted by Gasteiger charge is -2.04. The average molecular weight is 368 g/mol. The van der Waals surface area contributed by atoms with Gasteiger partial charge in [-0.3, -0.25) is 0 Å². The van der Waals surface area contributed by atoms with Crippen molar-refractivity contribution >= 4 is 23.0 Å².